The second-order valence-corrected chi connectivity index (χ2v) is 15.4. The van der Waals surface area contributed by atoms with Crippen molar-refractivity contribution in [2.75, 3.05) is 14.2 Å². The van der Waals surface area contributed by atoms with Gasteiger partial charge in [-0.05, 0) is 48.8 Å². The molecule has 5 rings (SSSR count). The van der Waals surface area contributed by atoms with E-state index in [4.69, 9.17) is 14.5 Å². The monoisotopic (exact) mass is 755 g/mol. The van der Waals surface area contributed by atoms with Crippen LogP contribution >= 0.6 is 0 Å². The number of hydrogen-bond donors (Lipinski definition) is 5. The van der Waals surface area contributed by atoms with Crippen LogP contribution < -0.4 is 30.7 Å². The van der Waals surface area contributed by atoms with E-state index in [2.05, 4.69) is 21.3 Å². The Morgan fingerprint density at radius 2 is 1.64 bits per heavy atom. The fraction of sp³-hybridized carbons (Fsp3) is 0.476. The highest BCUT2D eigenvalue weighted by Crippen LogP contribution is 2.37. The molecule has 2 aliphatic carbocycles. The molecule has 2 unspecified atom stereocenters. The summed E-state index contributed by atoms with van der Waals surface area (Å²) in [6, 6.07) is 13.8. The van der Waals surface area contributed by atoms with Gasteiger partial charge in [-0.2, -0.15) is 0 Å². The average molecular weight is 756 g/mol. The van der Waals surface area contributed by atoms with Crippen LogP contribution in [0.15, 0.2) is 66.2 Å². The van der Waals surface area contributed by atoms with E-state index < -0.39 is 59.3 Å². The van der Waals surface area contributed by atoms with Gasteiger partial charge in [0.25, 0.3) is 0 Å². The Labute approximate surface area is 322 Å². The highest BCUT2D eigenvalue weighted by molar-refractivity contribution is 6.04. The second-order valence-electron chi connectivity index (χ2n) is 15.4. The number of likely N-dealkylation sites (N-methyl/N-ethyl adjacent to an activating group) is 1. The molecule has 55 heavy (non-hydrogen) atoms. The van der Waals surface area contributed by atoms with Gasteiger partial charge in [0.15, 0.2) is 0 Å². The Bertz CT molecular complexity index is 1920. The van der Waals surface area contributed by atoms with Crippen molar-refractivity contribution in [2.24, 2.45) is 17.3 Å². The predicted molar refractivity (Wildman–Crippen MR) is 208 cm³/mol. The van der Waals surface area contributed by atoms with Crippen molar-refractivity contribution in [3.8, 4) is 22.8 Å². The van der Waals surface area contributed by atoms with Crippen molar-refractivity contribution in [3.63, 3.8) is 0 Å². The summed E-state index contributed by atoms with van der Waals surface area (Å²) in [7, 11) is 3.10. The zero-order chi connectivity index (χ0) is 39.9. The number of fused-ring (bicyclic) bond motifs is 1. The van der Waals surface area contributed by atoms with Crippen LogP contribution in [0.25, 0.3) is 22.2 Å². The molecule has 0 bridgehead atoms. The van der Waals surface area contributed by atoms with Gasteiger partial charge < -0.3 is 35.8 Å². The number of methoxy groups -OCH3 is 1. The van der Waals surface area contributed by atoms with Gasteiger partial charge in [0.1, 0.15) is 35.7 Å². The van der Waals surface area contributed by atoms with Crippen LogP contribution in [0.5, 0.6) is 11.5 Å². The first-order valence-corrected chi connectivity index (χ1v) is 19.0. The maximum atomic E-state index is 14.3. The summed E-state index contributed by atoms with van der Waals surface area (Å²) < 4.78 is 12.0. The molecule has 1 heterocycles. The first-order chi connectivity index (χ1) is 26.2. The molecule has 0 radical (unpaired) electrons. The lowest BCUT2D eigenvalue weighted by atomic mass is 9.82. The molecule has 0 saturated heterocycles. The number of carboxylic acids is 1. The number of ether oxygens (including phenoxy) is 2. The number of nitrogens with one attached hydrogen (secondary N) is 4. The first kappa shape index (κ1) is 40.7. The van der Waals surface area contributed by atoms with Gasteiger partial charge in [0.05, 0.1) is 24.2 Å². The largest absolute Gasteiger partial charge is 0.497 e. The Kier molecular flexibility index (Phi) is 13.2. The van der Waals surface area contributed by atoms with Crippen molar-refractivity contribution in [1.82, 2.24) is 26.3 Å². The molecule has 5 N–H and O–H groups in total. The number of benzene rings is 2. The Hall–Kier alpha value is -5.46. The lowest BCUT2D eigenvalue weighted by molar-refractivity contribution is -0.142. The third-order valence-corrected chi connectivity index (χ3v) is 10.5. The minimum atomic E-state index is -1.20. The van der Waals surface area contributed by atoms with E-state index in [0.717, 1.165) is 37.7 Å². The molecular weight excluding hydrogens is 702 g/mol. The average Bonchev–Trinajstić information content (AvgIpc) is 3.61. The smallest absolute Gasteiger partial charge is 0.326 e. The first-order valence-electron chi connectivity index (χ1n) is 19.0. The molecule has 4 amide bonds. The highest BCUT2D eigenvalue weighted by Gasteiger charge is 2.42. The maximum Gasteiger partial charge on any atom is 0.326 e. The van der Waals surface area contributed by atoms with E-state index in [9.17, 15) is 29.1 Å². The predicted octanol–water partition coefficient (Wildman–Crippen LogP) is 4.93. The van der Waals surface area contributed by atoms with Gasteiger partial charge in [-0.25, -0.2) is 9.78 Å². The normalized spacial score (nSPS) is 19.0. The number of rotatable bonds is 14. The summed E-state index contributed by atoms with van der Waals surface area (Å²) >= 11 is 0. The van der Waals surface area contributed by atoms with Crippen molar-refractivity contribution >= 4 is 40.5 Å². The summed E-state index contributed by atoms with van der Waals surface area (Å²) in [5.74, 6) is -3.40. The fourth-order valence-electron chi connectivity index (χ4n) is 7.39. The number of aliphatic carboxylic acids is 1. The van der Waals surface area contributed by atoms with Crippen molar-refractivity contribution < 1.29 is 38.6 Å². The molecule has 2 aliphatic rings. The van der Waals surface area contributed by atoms with Crippen molar-refractivity contribution in [3.05, 3.63) is 66.2 Å². The summed E-state index contributed by atoms with van der Waals surface area (Å²) in [5.41, 5.74) is 1.35. The van der Waals surface area contributed by atoms with Gasteiger partial charge in [0.2, 0.25) is 23.6 Å². The van der Waals surface area contributed by atoms with Crippen LogP contribution in [0.1, 0.15) is 72.6 Å². The second kappa shape index (κ2) is 17.8. The molecule has 1 aromatic heterocycles. The molecule has 294 valence electrons. The van der Waals surface area contributed by atoms with E-state index in [1.807, 2.05) is 36.4 Å². The number of hydrogen-bond acceptors (Lipinski definition) is 8. The van der Waals surface area contributed by atoms with Gasteiger partial charge in [-0.1, -0.05) is 77.3 Å². The lowest BCUT2D eigenvalue weighted by Crippen LogP contribution is -2.59. The third kappa shape index (κ3) is 9.81. The molecule has 13 heteroatoms. The Balaban J connectivity index is 1.48. The van der Waals surface area contributed by atoms with Crippen LogP contribution in [0, 0.1) is 17.3 Å². The molecule has 3 aromatic rings. The van der Waals surface area contributed by atoms with E-state index in [-0.39, 0.29) is 30.2 Å². The van der Waals surface area contributed by atoms with Crippen LogP contribution in [0.3, 0.4) is 0 Å². The topological polar surface area (TPSA) is 185 Å². The summed E-state index contributed by atoms with van der Waals surface area (Å²) in [6.07, 6.45) is 5.54. The van der Waals surface area contributed by atoms with E-state index in [1.165, 1.54) is 7.05 Å². The summed E-state index contributed by atoms with van der Waals surface area (Å²) in [6.45, 7) is 7.05. The number of nitrogens with zero attached hydrogens (tertiary/aromatic N) is 1. The van der Waals surface area contributed by atoms with E-state index in [0.29, 0.717) is 28.1 Å². The summed E-state index contributed by atoms with van der Waals surface area (Å²) in [4.78, 5) is 71.8. The van der Waals surface area contributed by atoms with Crippen LogP contribution in [-0.2, 0) is 24.0 Å². The zero-order valence-electron chi connectivity index (χ0n) is 32.4. The molecule has 0 spiro atoms. The quantitative estimate of drug-likeness (QED) is 0.152. The molecule has 5 atom stereocenters. The number of carbonyl (C=O) groups excluding carboxylic acids is 4. The van der Waals surface area contributed by atoms with Gasteiger partial charge >= 0.3 is 5.97 Å². The lowest BCUT2D eigenvalue weighted by Gasteiger charge is -2.35. The molecule has 13 nitrogen and oxygen atoms in total. The zero-order valence-corrected chi connectivity index (χ0v) is 32.4. The number of amides is 4. The third-order valence-electron chi connectivity index (χ3n) is 10.5. The number of carbonyl (C=O) groups is 5. The van der Waals surface area contributed by atoms with Gasteiger partial charge in [-0.15, -0.1) is 0 Å². The van der Waals surface area contributed by atoms with E-state index in [1.54, 1.807) is 59.1 Å². The van der Waals surface area contributed by atoms with Gasteiger partial charge in [0, 0.05) is 42.1 Å². The molecule has 0 aliphatic heterocycles. The number of carboxylic acid groups (broad SMARTS) is 1. The summed E-state index contributed by atoms with van der Waals surface area (Å²) in [5, 5.41) is 21.4. The van der Waals surface area contributed by atoms with Gasteiger partial charge in [-0.3, -0.25) is 19.2 Å². The highest BCUT2D eigenvalue weighted by atomic mass is 16.5. The van der Waals surface area contributed by atoms with Crippen LogP contribution in [-0.4, -0.2) is 78.1 Å². The number of pyridine rings is 1. The van der Waals surface area contributed by atoms with Crippen molar-refractivity contribution in [2.45, 2.75) is 96.9 Å². The Morgan fingerprint density at radius 3 is 2.25 bits per heavy atom. The molecule has 2 aromatic carbocycles. The molecule has 1 fully saturated rings. The van der Waals surface area contributed by atoms with Crippen LogP contribution in [0.2, 0.25) is 0 Å². The standard InChI is InChI=1S/C42H53N5O8/c1-7-31(41(52)53)45-37(48)29-20-27(55-34-23-32(24-14-10-8-11-15-24)44-33-22-26(54-6)18-19-28(33)34)21-30(29)38(49)47-36(42(2,3)4)40(51)46-35(39(50)43-5)25-16-12-9-13-17-25/h8,10-11,14-15,18-19,21-23,25,27,29,31,35-36H,7,9,12-13,16-17,20H2,1-6H3,(H,43,50)(H,45,48)(H,46,51)(H,47,49)(H,52,53)/t27?,29?,31-,35-,36+/m0/s1. The SMILES string of the molecule is CC[C@H](NC(=O)C1CC(Oc2cc(-c3ccccc3)nc3cc(OC)ccc23)C=C1C(=O)N[C@H](C(=O)N[C@H](C(=O)NC)C1CCCCC1)C(C)(C)C)C(=O)O. The fourth-order valence-corrected chi connectivity index (χ4v) is 7.39. The number of aromatic nitrogens is 1. The van der Waals surface area contributed by atoms with Crippen molar-refractivity contribution in [1.29, 1.82) is 0 Å². The molecule has 1 saturated carbocycles. The van der Waals surface area contributed by atoms with E-state index >= 15 is 0 Å². The minimum Gasteiger partial charge on any atom is -0.497 e. The van der Waals surface area contributed by atoms with Crippen LogP contribution in [0.4, 0.5) is 0 Å². The minimum absolute atomic E-state index is 0.0259. The molecular formula is C42H53N5O8. The Morgan fingerprint density at radius 1 is 0.927 bits per heavy atom. The maximum absolute atomic E-state index is 14.3.